The van der Waals surface area contributed by atoms with E-state index in [0.29, 0.717) is 18.7 Å². The summed E-state index contributed by atoms with van der Waals surface area (Å²) in [5.74, 6) is -0.409. The molecule has 1 fully saturated rings. The first-order valence-corrected chi connectivity index (χ1v) is 3.40. The van der Waals surface area contributed by atoms with E-state index in [1.807, 2.05) is 0 Å². The summed E-state index contributed by atoms with van der Waals surface area (Å²) in [6.45, 7) is 0.386. The molecule has 11 heavy (non-hydrogen) atoms. The van der Waals surface area contributed by atoms with E-state index < -0.39 is 5.97 Å². The Balaban J connectivity index is 2.52. The maximum Gasteiger partial charge on any atom is 0.354 e. The third kappa shape index (κ3) is 2.15. The van der Waals surface area contributed by atoms with E-state index in [2.05, 4.69) is 27.5 Å². The average molecular weight is 173 g/mol. The van der Waals surface area contributed by atoms with E-state index >= 15 is 0 Å². The Labute approximate surface area is 68.6 Å². The molecule has 0 aliphatic carbocycles. The highest BCUT2D eigenvalue weighted by Gasteiger charge is 2.20. The number of hydrogen-bond donors (Lipinski definition) is 2. The lowest BCUT2D eigenvalue weighted by molar-refractivity contribution is -0.132. The fourth-order valence-electron chi connectivity index (χ4n) is 0.650. The molecule has 0 aromatic carbocycles. The van der Waals surface area contributed by atoms with Gasteiger partial charge in [0.05, 0.1) is 6.61 Å². The molecule has 0 aromatic rings. The summed E-state index contributed by atoms with van der Waals surface area (Å²) in [7, 11) is 0. The zero-order valence-corrected chi connectivity index (χ0v) is 6.48. The van der Waals surface area contributed by atoms with Crippen molar-refractivity contribution in [2.45, 2.75) is 6.42 Å². The van der Waals surface area contributed by atoms with Crippen LogP contribution >= 0.6 is 12.2 Å². The van der Waals surface area contributed by atoms with Gasteiger partial charge in [-0.1, -0.05) is 0 Å². The zero-order valence-electron chi connectivity index (χ0n) is 5.66. The number of nitrogens with one attached hydrogen (secondary N) is 1. The van der Waals surface area contributed by atoms with E-state index in [0.717, 1.165) is 0 Å². The molecule has 60 valence electrons. The van der Waals surface area contributed by atoms with Gasteiger partial charge >= 0.3 is 5.97 Å². The number of hydrazone groups is 1. The Morgan fingerprint density at radius 1 is 1.82 bits per heavy atom. The van der Waals surface area contributed by atoms with Crippen LogP contribution < -0.4 is 11.2 Å². The summed E-state index contributed by atoms with van der Waals surface area (Å²) in [6.07, 6.45) is 0.508. The Hall–Kier alpha value is -1.17. The van der Waals surface area contributed by atoms with Crippen LogP contribution in [-0.2, 0) is 9.53 Å². The third-order valence-electron chi connectivity index (χ3n) is 1.11. The predicted molar refractivity (Wildman–Crippen MR) is 42.9 cm³/mol. The van der Waals surface area contributed by atoms with Crippen LogP contribution in [0.15, 0.2) is 5.10 Å². The van der Waals surface area contributed by atoms with Gasteiger partial charge in [-0.15, -0.1) is 0 Å². The Kier molecular flexibility index (Phi) is 2.37. The van der Waals surface area contributed by atoms with Gasteiger partial charge in [-0.2, -0.15) is 5.10 Å². The summed E-state index contributed by atoms with van der Waals surface area (Å²) in [4.78, 5) is 10.7. The summed E-state index contributed by atoms with van der Waals surface area (Å²) >= 11 is 4.48. The van der Waals surface area contributed by atoms with Crippen molar-refractivity contribution in [1.29, 1.82) is 0 Å². The molecule has 3 N–H and O–H groups in total. The lowest BCUT2D eigenvalue weighted by atomic mass is 10.3. The number of carbonyl (C=O) groups is 1. The molecule has 0 radical (unpaired) electrons. The minimum Gasteiger partial charge on any atom is -0.461 e. The molecule has 0 bridgehead atoms. The van der Waals surface area contributed by atoms with Crippen molar-refractivity contribution in [2.75, 3.05) is 6.61 Å². The lowest BCUT2D eigenvalue weighted by Crippen LogP contribution is -2.26. The topological polar surface area (TPSA) is 76.7 Å². The van der Waals surface area contributed by atoms with Crippen LogP contribution in [0.4, 0.5) is 0 Å². The van der Waals surface area contributed by atoms with Crippen LogP contribution in [0.5, 0.6) is 0 Å². The van der Waals surface area contributed by atoms with Crippen LogP contribution in [0.1, 0.15) is 6.42 Å². The van der Waals surface area contributed by atoms with E-state index in [1.165, 1.54) is 0 Å². The molecule has 1 saturated heterocycles. The van der Waals surface area contributed by atoms with Crippen LogP contribution in [0.25, 0.3) is 0 Å². The number of hydrogen-bond acceptors (Lipinski definition) is 4. The fraction of sp³-hybridized carbons (Fsp3) is 0.400. The quantitative estimate of drug-likeness (QED) is 0.306. The van der Waals surface area contributed by atoms with Crippen molar-refractivity contribution in [3.8, 4) is 0 Å². The van der Waals surface area contributed by atoms with Gasteiger partial charge < -0.3 is 10.5 Å². The third-order valence-corrected chi connectivity index (χ3v) is 1.20. The number of cyclic esters (lactones) is 1. The summed E-state index contributed by atoms with van der Waals surface area (Å²) in [5, 5.41) is 3.67. The Morgan fingerprint density at radius 2 is 2.55 bits per heavy atom. The van der Waals surface area contributed by atoms with E-state index in [1.54, 1.807) is 0 Å². The van der Waals surface area contributed by atoms with Gasteiger partial charge in [0.1, 0.15) is 5.71 Å². The number of thiocarbonyl (C=S) groups is 1. The molecule has 5 nitrogen and oxygen atoms in total. The molecular weight excluding hydrogens is 166 g/mol. The highest BCUT2D eigenvalue weighted by molar-refractivity contribution is 7.80. The van der Waals surface area contributed by atoms with Crippen molar-refractivity contribution in [3.63, 3.8) is 0 Å². The molecule has 0 saturated carbocycles. The van der Waals surface area contributed by atoms with Crippen LogP contribution in [-0.4, -0.2) is 23.4 Å². The molecule has 0 unspecified atom stereocenters. The first-order chi connectivity index (χ1) is 5.20. The smallest absolute Gasteiger partial charge is 0.354 e. The molecule has 1 aliphatic heterocycles. The first-order valence-electron chi connectivity index (χ1n) is 2.99. The predicted octanol–water partition coefficient (Wildman–Crippen LogP) is -0.877. The second-order valence-electron chi connectivity index (χ2n) is 1.92. The van der Waals surface area contributed by atoms with Crippen molar-refractivity contribution in [2.24, 2.45) is 10.8 Å². The number of rotatable bonds is 1. The van der Waals surface area contributed by atoms with Crippen LogP contribution in [0.2, 0.25) is 0 Å². The standard InChI is InChI=1S/C5H7N3O2S/c6-5(11)8-7-3-1-2-10-4(3)9/h1-2H2,(H3,6,8,11). The number of nitrogens with zero attached hydrogens (tertiary/aromatic N) is 1. The van der Waals surface area contributed by atoms with E-state index in [9.17, 15) is 4.79 Å². The fourth-order valence-corrected chi connectivity index (χ4v) is 0.696. The molecular formula is C5H7N3O2S. The summed E-state index contributed by atoms with van der Waals surface area (Å²) in [6, 6.07) is 0. The number of carbonyl (C=O) groups excluding carboxylic acids is 1. The van der Waals surface area contributed by atoms with Gasteiger partial charge in [0.15, 0.2) is 5.11 Å². The van der Waals surface area contributed by atoms with Gasteiger partial charge in [-0.05, 0) is 12.2 Å². The van der Waals surface area contributed by atoms with Gasteiger partial charge in [0, 0.05) is 6.42 Å². The molecule has 1 rings (SSSR count). The van der Waals surface area contributed by atoms with Crippen LogP contribution in [0, 0.1) is 0 Å². The second kappa shape index (κ2) is 3.29. The average Bonchev–Trinajstić information content (AvgIpc) is 2.31. The molecule has 1 heterocycles. The van der Waals surface area contributed by atoms with Crippen molar-refractivity contribution in [1.82, 2.24) is 5.43 Å². The van der Waals surface area contributed by atoms with Gasteiger partial charge in [-0.25, -0.2) is 4.79 Å². The van der Waals surface area contributed by atoms with Crippen molar-refractivity contribution < 1.29 is 9.53 Å². The maximum absolute atomic E-state index is 10.7. The lowest BCUT2D eigenvalue weighted by Gasteiger charge is -1.94. The Bertz CT molecular complexity index is 226. The van der Waals surface area contributed by atoms with Gasteiger partial charge in [0.25, 0.3) is 0 Å². The number of ether oxygens (including phenoxy) is 1. The van der Waals surface area contributed by atoms with Gasteiger partial charge in [-0.3, -0.25) is 5.43 Å². The largest absolute Gasteiger partial charge is 0.461 e. The molecule has 0 spiro atoms. The van der Waals surface area contributed by atoms with Crippen LogP contribution in [0.3, 0.4) is 0 Å². The molecule has 0 amide bonds. The maximum atomic E-state index is 10.7. The number of esters is 1. The zero-order chi connectivity index (χ0) is 8.27. The van der Waals surface area contributed by atoms with Crippen molar-refractivity contribution in [3.05, 3.63) is 0 Å². The normalized spacial score (nSPS) is 20.0. The summed E-state index contributed by atoms with van der Waals surface area (Å²) in [5.41, 5.74) is 7.72. The number of nitrogens with two attached hydrogens (primary N) is 1. The molecule has 1 aliphatic rings. The minimum atomic E-state index is -0.409. The molecule has 0 aromatic heterocycles. The monoisotopic (exact) mass is 173 g/mol. The van der Waals surface area contributed by atoms with E-state index in [-0.39, 0.29) is 5.11 Å². The minimum absolute atomic E-state index is 0.0391. The molecule has 0 atom stereocenters. The molecule has 6 heteroatoms. The van der Waals surface area contributed by atoms with E-state index in [4.69, 9.17) is 5.73 Å². The highest BCUT2D eigenvalue weighted by Crippen LogP contribution is 2.00. The summed E-state index contributed by atoms with van der Waals surface area (Å²) < 4.78 is 4.60. The second-order valence-corrected chi connectivity index (χ2v) is 2.36. The van der Waals surface area contributed by atoms with Crippen molar-refractivity contribution >= 4 is 29.0 Å². The SMILES string of the molecule is NC(=S)NN=C1CCOC1=O. The Morgan fingerprint density at radius 3 is 3.00 bits per heavy atom. The highest BCUT2D eigenvalue weighted by atomic mass is 32.1. The van der Waals surface area contributed by atoms with Gasteiger partial charge in [0.2, 0.25) is 0 Å². The first kappa shape index (κ1) is 7.93.